The Morgan fingerprint density at radius 1 is 1.21 bits per heavy atom. The summed E-state index contributed by atoms with van der Waals surface area (Å²) in [5, 5.41) is 2.87. The summed E-state index contributed by atoms with van der Waals surface area (Å²) >= 11 is 0. The van der Waals surface area contributed by atoms with Gasteiger partial charge in [0.25, 0.3) is 5.91 Å². The summed E-state index contributed by atoms with van der Waals surface area (Å²) in [4.78, 5) is 17.0. The third kappa shape index (κ3) is 5.09. The average molecular weight is 469 g/mol. The number of ether oxygens (including phenoxy) is 1. The van der Waals surface area contributed by atoms with Crippen molar-refractivity contribution >= 4 is 21.6 Å². The lowest BCUT2D eigenvalue weighted by Crippen LogP contribution is -2.42. The Bertz CT molecular complexity index is 1230. The molecule has 1 N–H and O–H groups in total. The normalized spacial score (nSPS) is 17.0. The van der Waals surface area contributed by atoms with E-state index in [0.29, 0.717) is 18.8 Å². The van der Waals surface area contributed by atoms with Crippen LogP contribution in [0.1, 0.15) is 42.1 Å². The van der Waals surface area contributed by atoms with Gasteiger partial charge in [-0.05, 0) is 55.7 Å². The summed E-state index contributed by atoms with van der Waals surface area (Å²) in [7, 11) is -2.37. The van der Waals surface area contributed by atoms with Crippen molar-refractivity contribution in [1.82, 2.24) is 13.9 Å². The third-order valence-corrected chi connectivity index (χ3v) is 7.90. The van der Waals surface area contributed by atoms with E-state index in [1.165, 1.54) is 23.5 Å². The van der Waals surface area contributed by atoms with E-state index in [9.17, 15) is 13.2 Å². The van der Waals surface area contributed by atoms with Gasteiger partial charge in [0.2, 0.25) is 10.0 Å². The van der Waals surface area contributed by atoms with Crippen molar-refractivity contribution in [3.8, 4) is 5.75 Å². The molecule has 1 aliphatic rings. The number of methoxy groups -OCH3 is 1. The number of aromatic nitrogens is 2. The van der Waals surface area contributed by atoms with E-state index in [1.807, 2.05) is 35.9 Å². The van der Waals surface area contributed by atoms with Gasteiger partial charge in [0.15, 0.2) is 0 Å². The zero-order valence-corrected chi connectivity index (χ0v) is 19.6. The number of imidazole rings is 1. The van der Waals surface area contributed by atoms with Gasteiger partial charge in [0, 0.05) is 42.8 Å². The van der Waals surface area contributed by atoms with Crippen molar-refractivity contribution in [2.75, 3.05) is 19.0 Å². The maximum atomic E-state index is 13.4. The van der Waals surface area contributed by atoms with Gasteiger partial charge >= 0.3 is 0 Å². The predicted molar refractivity (Wildman–Crippen MR) is 126 cm³/mol. The molecule has 3 aromatic rings. The van der Waals surface area contributed by atoms with Gasteiger partial charge in [-0.25, -0.2) is 13.4 Å². The Labute approximate surface area is 194 Å². The molecule has 9 heteroatoms. The summed E-state index contributed by atoms with van der Waals surface area (Å²) in [6.45, 7) is 3.01. The monoisotopic (exact) mass is 468 g/mol. The molecule has 1 saturated heterocycles. The smallest absolute Gasteiger partial charge is 0.255 e. The Morgan fingerprint density at radius 3 is 2.79 bits per heavy atom. The van der Waals surface area contributed by atoms with Crippen LogP contribution in [0.25, 0.3) is 0 Å². The maximum Gasteiger partial charge on any atom is 0.255 e. The molecule has 33 heavy (non-hydrogen) atoms. The van der Waals surface area contributed by atoms with Gasteiger partial charge in [0.1, 0.15) is 10.6 Å². The van der Waals surface area contributed by atoms with Crippen LogP contribution in [0.5, 0.6) is 5.75 Å². The molecule has 0 unspecified atom stereocenters. The number of nitrogens with one attached hydrogen (secondary N) is 1. The highest BCUT2D eigenvalue weighted by atomic mass is 32.2. The van der Waals surface area contributed by atoms with Crippen LogP contribution in [0.15, 0.2) is 66.1 Å². The lowest BCUT2D eigenvalue weighted by atomic mass is 10.1. The second kappa shape index (κ2) is 9.76. The third-order valence-electron chi connectivity index (χ3n) is 5.86. The van der Waals surface area contributed by atoms with Crippen LogP contribution in [-0.4, -0.2) is 47.9 Å². The molecule has 1 aromatic heterocycles. The topological polar surface area (TPSA) is 93.5 Å². The quantitative estimate of drug-likeness (QED) is 0.570. The van der Waals surface area contributed by atoms with Crippen molar-refractivity contribution in [2.45, 2.75) is 43.7 Å². The van der Waals surface area contributed by atoms with Crippen molar-refractivity contribution in [3.05, 3.63) is 72.3 Å². The molecule has 0 bridgehead atoms. The van der Waals surface area contributed by atoms with Gasteiger partial charge in [0.05, 0.1) is 13.4 Å². The summed E-state index contributed by atoms with van der Waals surface area (Å²) in [5.41, 5.74) is 1.88. The number of rotatable bonds is 7. The molecular weight excluding hydrogens is 440 g/mol. The van der Waals surface area contributed by atoms with Crippen LogP contribution in [0, 0.1) is 0 Å². The minimum Gasteiger partial charge on any atom is -0.495 e. The molecule has 0 spiro atoms. The predicted octanol–water partition coefficient (Wildman–Crippen LogP) is 3.76. The summed E-state index contributed by atoms with van der Waals surface area (Å²) < 4.78 is 35.6. The van der Waals surface area contributed by atoms with Gasteiger partial charge in [-0.15, -0.1) is 0 Å². The number of hydrogen-bond acceptors (Lipinski definition) is 5. The van der Waals surface area contributed by atoms with Gasteiger partial charge in [-0.3, -0.25) is 4.79 Å². The van der Waals surface area contributed by atoms with E-state index in [-0.39, 0.29) is 28.2 Å². The second-order valence-electron chi connectivity index (χ2n) is 8.22. The number of anilines is 1. The minimum absolute atomic E-state index is 0.0141. The van der Waals surface area contributed by atoms with Crippen molar-refractivity contribution in [3.63, 3.8) is 0 Å². The van der Waals surface area contributed by atoms with Crippen LogP contribution in [0.2, 0.25) is 0 Å². The van der Waals surface area contributed by atoms with E-state index in [1.54, 1.807) is 24.7 Å². The van der Waals surface area contributed by atoms with E-state index in [2.05, 4.69) is 10.3 Å². The van der Waals surface area contributed by atoms with Gasteiger partial charge in [-0.1, -0.05) is 18.6 Å². The van der Waals surface area contributed by atoms with E-state index < -0.39 is 10.0 Å². The fraction of sp³-hybridized carbons (Fsp3) is 0.333. The average Bonchev–Trinajstić information content (AvgIpc) is 3.32. The Morgan fingerprint density at radius 2 is 2.06 bits per heavy atom. The molecule has 2 aromatic carbocycles. The molecule has 0 saturated carbocycles. The summed E-state index contributed by atoms with van der Waals surface area (Å²) in [5.74, 6) is -0.160. The molecule has 2 heterocycles. The Hall–Kier alpha value is -3.17. The highest BCUT2D eigenvalue weighted by Crippen LogP contribution is 2.32. The zero-order valence-electron chi connectivity index (χ0n) is 18.8. The van der Waals surface area contributed by atoms with Crippen LogP contribution >= 0.6 is 0 Å². The van der Waals surface area contributed by atoms with Crippen LogP contribution in [0.4, 0.5) is 5.69 Å². The first-order chi connectivity index (χ1) is 15.9. The van der Waals surface area contributed by atoms with Crippen LogP contribution < -0.4 is 10.1 Å². The molecule has 8 nitrogen and oxygen atoms in total. The molecule has 1 amide bonds. The Balaban J connectivity index is 1.58. The first kappa shape index (κ1) is 23.0. The number of carbonyl (C=O) groups is 1. The number of benzene rings is 2. The number of hydrogen-bond donors (Lipinski definition) is 1. The molecule has 174 valence electrons. The number of nitrogens with zero attached hydrogens (tertiary/aromatic N) is 3. The molecule has 1 aliphatic heterocycles. The van der Waals surface area contributed by atoms with E-state index >= 15 is 0 Å². The Kier molecular flexibility index (Phi) is 6.80. The van der Waals surface area contributed by atoms with E-state index in [4.69, 9.17) is 4.74 Å². The molecule has 1 atom stereocenters. The van der Waals surface area contributed by atoms with Crippen LogP contribution in [-0.2, 0) is 16.6 Å². The maximum absolute atomic E-state index is 13.4. The van der Waals surface area contributed by atoms with Crippen LogP contribution in [0.3, 0.4) is 0 Å². The fourth-order valence-electron chi connectivity index (χ4n) is 4.12. The molecule has 0 aliphatic carbocycles. The summed E-state index contributed by atoms with van der Waals surface area (Å²) in [6.07, 6.45) is 7.96. The minimum atomic E-state index is -3.80. The number of amides is 1. The number of carbonyl (C=O) groups excluding carboxylic acids is 1. The van der Waals surface area contributed by atoms with Crippen molar-refractivity contribution in [2.24, 2.45) is 0 Å². The number of sulfonamides is 1. The van der Waals surface area contributed by atoms with Crippen molar-refractivity contribution in [1.29, 1.82) is 0 Å². The zero-order chi connectivity index (χ0) is 23.4. The molecular formula is C24H28N4O4S. The largest absolute Gasteiger partial charge is 0.495 e. The highest BCUT2D eigenvalue weighted by molar-refractivity contribution is 7.89. The second-order valence-corrected chi connectivity index (χ2v) is 10.1. The lowest BCUT2D eigenvalue weighted by molar-refractivity contribution is 0.102. The number of piperidine rings is 1. The van der Waals surface area contributed by atoms with Crippen molar-refractivity contribution < 1.29 is 17.9 Å². The fourth-order valence-corrected chi connectivity index (χ4v) is 6.00. The summed E-state index contributed by atoms with van der Waals surface area (Å²) in [6, 6.07) is 11.9. The molecule has 4 rings (SSSR count). The molecule has 0 radical (unpaired) electrons. The SMILES string of the molecule is COc1ccc(C(=O)Nc2cccc(Cn3ccnc3)c2)cc1S(=O)(=O)N1CCCC[C@@H]1C. The van der Waals surface area contributed by atoms with Gasteiger partial charge < -0.3 is 14.6 Å². The first-order valence-electron chi connectivity index (χ1n) is 10.9. The lowest BCUT2D eigenvalue weighted by Gasteiger charge is -2.32. The van der Waals surface area contributed by atoms with Gasteiger partial charge in [-0.2, -0.15) is 4.31 Å². The highest BCUT2D eigenvalue weighted by Gasteiger charge is 2.33. The molecule has 1 fully saturated rings. The first-order valence-corrected chi connectivity index (χ1v) is 12.4. The standard InChI is InChI=1S/C24H28N4O4S/c1-18-6-3-4-12-28(18)33(30,31)23-15-20(9-10-22(23)32-2)24(29)26-21-8-5-7-19(14-21)16-27-13-11-25-17-27/h5,7-11,13-15,17-18H,3-4,6,12,16H2,1-2H3,(H,26,29)/t18-/m0/s1. The van der Waals surface area contributed by atoms with E-state index in [0.717, 1.165) is 24.8 Å².